The molecule has 2 aromatic heterocycles. The van der Waals surface area contributed by atoms with Crippen LogP contribution in [0.25, 0.3) is 0 Å². The van der Waals surface area contributed by atoms with Gasteiger partial charge in [0.25, 0.3) is 0 Å². The fraction of sp³-hybridized carbons (Fsp3) is 0.333. The van der Waals surface area contributed by atoms with Crippen molar-refractivity contribution in [1.82, 2.24) is 15.0 Å². The Balaban J connectivity index is 1.83. The number of nitrogens with one attached hydrogen (secondary N) is 2. The monoisotopic (exact) mass is 270 g/mol. The van der Waals surface area contributed by atoms with Gasteiger partial charge in [0, 0.05) is 31.6 Å². The summed E-state index contributed by atoms with van der Waals surface area (Å²) in [6.07, 6.45) is 1.70. The number of hydrogen-bond donors (Lipinski definition) is 2. The molecule has 7 heteroatoms. The molecule has 2 N–H and O–H groups in total. The molecule has 19 heavy (non-hydrogen) atoms. The summed E-state index contributed by atoms with van der Waals surface area (Å²) in [5.74, 6) is 1.09. The lowest BCUT2D eigenvalue weighted by molar-refractivity contribution is -0.137. The van der Waals surface area contributed by atoms with E-state index in [1.54, 1.807) is 12.4 Å². The zero-order valence-corrected chi connectivity index (χ0v) is 10.0. The number of imidazole rings is 1. The van der Waals surface area contributed by atoms with Crippen LogP contribution in [-0.4, -0.2) is 21.5 Å². The van der Waals surface area contributed by atoms with Gasteiger partial charge >= 0.3 is 6.18 Å². The summed E-state index contributed by atoms with van der Waals surface area (Å²) in [7, 11) is 0. The molecule has 4 nitrogen and oxygen atoms in total. The molecule has 2 rings (SSSR count). The lowest BCUT2D eigenvalue weighted by Gasteiger charge is -2.09. The van der Waals surface area contributed by atoms with E-state index in [0.29, 0.717) is 6.54 Å². The van der Waals surface area contributed by atoms with Gasteiger partial charge in [-0.2, -0.15) is 13.2 Å². The van der Waals surface area contributed by atoms with Crippen LogP contribution in [0.5, 0.6) is 0 Å². The van der Waals surface area contributed by atoms with Crippen LogP contribution >= 0.6 is 0 Å². The molecule has 102 valence electrons. The number of pyridine rings is 1. The highest BCUT2D eigenvalue weighted by atomic mass is 19.4. The number of aromatic nitrogens is 3. The Bertz CT molecular complexity index is 508. The fourth-order valence-corrected chi connectivity index (χ4v) is 1.61. The molecule has 0 amide bonds. The molecule has 2 aromatic rings. The molecule has 0 saturated carbocycles. The number of anilines is 1. The smallest absolute Gasteiger partial charge is 0.370 e. The lowest BCUT2D eigenvalue weighted by atomic mass is 10.2. The number of alkyl halides is 3. The molecule has 0 aliphatic heterocycles. The normalized spacial score (nSPS) is 11.5. The topological polar surface area (TPSA) is 53.6 Å². The van der Waals surface area contributed by atoms with Crippen molar-refractivity contribution < 1.29 is 13.2 Å². The number of halogens is 3. The van der Waals surface area contributed by atoms with E-state index in [-0.39, 0.29) is 5.82 Å². The minimum absolute atomic E-state index is 0.231. The zero-order chi connectivity index (χ0) is 13.7. The van der Waals surface area contributed by atoms with Crippen LogP contribution < -0.4 is 5.32 Å². The van der Waals surface area contributed by atoms with Crippen LogP contribution in [-0.2, 0) is 12.6 Å². The van der Waals surface area contributed by atoms with Crippen molar-refractivity contribution in [3.05, 3.63) is 42.1 Å². The number of aryl methyl sites for hydroxylation is 1. The molecule has 2 heterocycles. The van der Waals surface area contributed by atoms with Crippen molar-refractivity contribution in [1.29, 1.82) is 0 Å². The molecular formula is C12H13F3N4. The third-order valence-corrected chi connectivity index (χ3v) is 2.54. The fourth-order valence-electron chi connectivity index (χ4n) is 1.61. The van der Waals surface area contributed by atoms with Gasteiger partial charge in [-0.05, 0) is 18.6 Å². The van der Waals surface area contributed by atoms with Gasteiger partial charge in [0.05, 0.1) is 5.56 Å². The number of nitrogens with zero attached hydrogens (tertiary/aromatic N) is 2. The summed E-state index contributed by atoms with van der Waals surface area (Å²) in [5, 5.41) is 2.87. The molecule has 0 radical (unpaired) electrons. The Morgan fingerprint density at radius 1 is 1.21 bits per heavy atom. The summed E-state index contributed by atoms with van der Waals surface area (Å²) in [5.41, 5.74) is -0.698. The number of rotatable bonds is 5. The van der Waals surface area contributed by atoms with E-state index in [1.807, 2.05) is 0 Å². The highest BCUT2D eigenvalue weighted by Gasteiger charge is 2.30. The standard InChI is InChI=1S/C12H13F3N4/c13-12(14,15)9-3-5-17-11(8-9)16-4-1-2-10-18-6-7-19-10/h3,5-8H,1-2,4H2,(H,16,17)(H,18,19). The van der Waals surface area contributed by atoms with Gasteiger partial charge in [0.2, 0.25) is 0 Å². The summed E-state index contributed by atoms with van der Waals surface area (Å²) in [4.78, 5) is 10.9. The van der Waals surface area contributed by atoms with Crippen LogP contribution in [0.3, 0.4) is 0 Å². The molecule has 0 aliphatic rings. The first-order chi connectivity index (χ1) is 9.05. The van der Waals surface area contributed by atoms with Crippen molar-refractivity contribution in [3.63, 3.8) is 0 Å². The number of H-pyrrole nitrogens is 1. The Morgan fingerprint density at radius 3 is 2.74 bits per heavy atom. The quantitative estimate of drug-likeness (QED) is 0.821. The minimum Gasteiger partial charge on any atom is -0.370 e. The van der Waals surface area contributed by atoms with E-state index in [9.17, 15) is 13.2 Å². The predicted octanol–water partition coefficient (Wildman–Crippen LogP) is 2.87. The largest absolute Gasteiger partial charge is 0.416 e. The van der Waals surface area contributed by atoms with Crippen LogP contribution in [0.15, 0.2) is 30.7 Å². The van der Waals surface area contributed by atoms with Gasteiger partial charge in [-0.25, -0.2) is 9.97 Å². The van der Waals surface area contributed by atoms with Gasteiger partial charge in [0.1, 0.15) is 11.6 Å². The van der Waals surface area contributed by atoms with E-state index in [0.717, 1.165) is 37.0 Å². The lowest BCUT2D eigenvalue weighted by Crippen LogP contribution is -2.09. The third kappa shape index (κ3) is 3.97. The number of aromatic amines is 1. The zero-order valence-electron chi connectivity index (χ0n) is 10.0. The van der Waals surface area contributed by atoms with Crippen molar-refractivity contribution in [3.8, 4) is 0 Å². The summed E-state index contributed by atoms with van der Waals surface area (Å²) in [6, 6.07) is 1.96. The van der Waals surface area contributed by atoms with E-state index in [1.165, 1.54) is 0 Å². The van der Waals surface area contributed by atoms with Gasteiger partial charge in [-0.3, -0.25) is 0 Å². The van der Waals surface area contributed by atoms with E-state index < -0.39 is 11.7 Å². The second-order valence-corrected chi connectivity index (χ2v) is 3.99. The van der Waals surface area contributed by atoms with Gasteiger partial charge in [-0.15, -0.1) is 0 Å². The molecule has 0 spiro atoms. The summed E-state index contributed by atoms with van der Waals surface area (Å²) < 4.78 is 37.4. The van der Waals surface area contributed by atoms with Gasteiger partial charge in [0.15, 0.2) is 0 Å². The average Bonchev–Trinajstić information content (AvgIpc) is 2.87. The maximum atomic E-state index is 12.5. The second kappa shape index (κ2) is 5.73. The maximum Gasteiger partial charge on any atom is 0.416 e. The van der Waals surface area contributed by atoms with Crippen LogP contribution in [0.2, 0.25) is 0 Å². The highest BCUT2D eigenvalue weighted by molar-refractivity contribution is 5.38. The second-order valence-electron chi connectivity index (χ2n) is 3.99. The molecule has 0 aliphatic carbocycles. The molecule has 0 bridgehead atoms. The number of hydrogen-bond acceptors (Lipinski definition) is 3. The molecular weight excluding hydrogens is 257 g/mol. The van der Waals surface area contributed by atoms with Gasteiger partial charge < -0.3 is 10.3 Å². The van der Waals surface area contributed by atoms with Crippen molar-refractivity contribution >= 4 is 5.82 Å². The third-order valence-electron chi connectivity index (χ3n) is 2.54. The highest BCUT2D eigenvalue weighted by Crippen LogP contribution is 2.29. The Hall–Kier alpha value is -2.05. The first-order valence-corrected chi connectivity index (χ1v) is 5.81. The Morgan fingerprint density at radius 2 is 2.05 bits per heavy atom. The van der Waals surface area contributed by atoms with E-state index >= 15 is 0 Å². The minimum atomic E-state index is -4.34. The molecule has 0 fully saturated rings. The van der Waals surface area contributed by atoms with Crippen LogP contribution in [0, 0.1) is 0 Å². The van der Waals surface area contributed by atoms with Crippen LogP contribution in [0.4, 0.5) is 19.0 Å². The van der Waals surface area contributed by atoms with E-state index in [2.05, 4.69) is 20.3 Å². The first kappa shape index (κ1) is 13.4. The molecule has 0 saturated heterocycles. The van der Waals surface area contributed by atoms with Crippen LogP contribution in [0.1, 0.15) is 17.8 Å². The SMILES string of the molecule is FC(F)(F)c1ccnc(NCCCc2ncc[nH]2)c1. The van der Waals surface area contributed by atoms with Crippen molar-refractivity contribution in [2.24, 2.45) is 0 Å². The molecule has 0 unspecified atom stereocenters. The van der Waals surface area contributed by atoms with Crippen molar-refractivity contribution in [2.75, 3.05) is 11.9 Å². The van der Waals surface area contributed by atoms with Crippen molar-refractivity contribution in [2.45, 2.75) is 19.0 Å². The Kier molecular flexibility index (Phi) is 4.03. The summed E-state index contributed by atoms with van der Waals surface area (Å²) in [6.45, 7) is 0.537. The maximum absolute atomic E-state index is 12.5. The average molecular weight is 270 g/mol. The van der Waals surface area contributed by atoms with E-state index in [4.69, 9.17) is 0 Å². The molecule has 0 aromatic carbocycles. The van der Waals surface area contributed by atoms with Gasteiger partial charge in [-0.1, -0.05) is 0 Å². The summed E-state index contributed by atoms with van der Waals surface area (Å²) >= 11 is 0. The molecule has 0 atom stereocenters. The Labute approximate surface area is 108 Å². The predicted molar refractivity (Wildman–Crippen MR) is 64.6 cm³/mol. The first-order valence-electron chi connectivity index (χ1n) is 5.81.